The first-order chi connectivity index (χ1) is 10.6. The average molecular weight is 380 g/mol. The molecule has 0 spiro atoms. The molecule has 1 aromatic rings. The van der Waals surface area contributed by atoms with E-state index in [1.54, 1.807) is 12.1 Å². The molecule has 0 radical (unpaired) electrons. The van der Waals surface area contributed by atoms with E-state index in [0.717, 1.165) is 12.8 Å². The van der Waals surface area contributed by atoms with E-state index in [2.05, 4.69) is 19.2 Å². The zero-order valence-corrected chi connectivity index (χ0v) is 15.9. The van der Waals surface area contributed by atoms with Gasteiger partial charge in [0, 0.05) is 6.04 Å². The molecule has 0 aromatic heterocycles. The van der Waals surface area contributed by atoms with Gasteiger partial charge >= 0.3 is 0 Å². The standard InChI is InChI=1S/C16H23Cl2NO3S/c1-11(2)4-5-12(3)19-16(20)10-23(21,22)9-13-6-7-14(17)15(18)8-13/h6-8,11-12H,4-5,9-10H2,1-3H3,(H,19,20)/t12-/m0/s1. The van der Waals surface area contributed by atoms with Gasteiger partial charge in [-0.2, -0.15) is 0 Å². The Hall–Kier alpha value is -0.780. The van der Waals surface area contributed by atoms with Crippen LogP contribution in [0.1, 0.15) is 39.2 Å². The fourth-order valence-corrected chi connectivity index (χ4v) is 3.70. The van der Waals surface area contributed by atoms with E-state index in [9.17, 15) is 13.2 Å². The maximum atomic E-state index is 12.1. The number of rotatable bonds is 8. The number of carbonyl (C=O) groups excluding carboxylic acids is 1. The van der Waals surface area contributed by atoms with E-state index in [0.29, 0.717) is 21.5 Å². The molecule has 0 aliphatic heterocycles. The molecule has 1 amide bonds. The Morgan fingerprint density at radius 2 is 1.78 bits per heavy atom. The second-order valence-corrected chi connectivity index (χ2v) is 9.10. The SMILES string of the molecule is CC(C)CC[C@H](C)NC(=O)CS(=O)(=O)Cc1ccc(Cl)c(Cl)c1. The van der Waals surface area contributed by atoms with Crippen molar-refractivity contribution >= 4 is 38.9 Å². The van der Waals surface area contributed by atoms with Crippen molar-refractivity contribution in [1.29, 1.82) is 0 Å². The molecule has 1 rings (SSSR count). The molecule has 0 saturated heterocycles. The van der Waals surface area contributed by atoms with Gasteiger partial charge < -0.3 is 5.32 Å². The van der Waals surface area contributed by atoms with Crippen molar-refractivity contribution in [3.8, 4) is 0 Å². The van der Waals surface area contributed by atoms with Crippen LogP contribution >= 0.6 is 23.2 Å². The highest BCUT2D eigenvalue weighted by Crippen LogP contribution is 2.23. The molecule has 4 nitrogen and oxygen atoms in total. The van der Waals surface area contributed by atoms with E-state index in [4.69, 9.17) is 23.2 Å². The Kier molecular flexibility index (Phi) is 7.84. The maximum Gasteiger partial charge on any atom is 0.235 e. The van der Waals surface area contributed by atoms with E-state index in [-0.39, 0.29) is 11.8 Å². The summed E-state index contributed by atoms with van der Waals surface area (Å²) in [5.41, 5.74) is 0.514. The molecule has 0 aliphatic rings. The summed E-state index contributed by atoms with van der Waals surface area (Å²) in [4.78, 5) is 11.9. The van der Waals surface area contributed by atoms with Gasteiger partial charge in [-0.3, -0.25) is 4.79 Å². The number of hydrogen-bond donors (Lipinski definition) is 1. The minimum atomic E-state index is -3.55. The predicted molar refractivity (Wildman–Crippen MR) is 95.6 cm³/mol. The van der Waals surface area contributed by atoms with Gasteiger partial charge in [-0.05, 0) is 43.4 Å². The third-order valence-electron chi connectivity index (χ3n) is 3.31. The highest BCUT2D eigenvalue weighted by atomic mass is 35.5. The fourth-order valence-electron chi connectivity index (χ4n) is 2.11. The molecule has 0 unspecified atom stereocenters. The van der Waals surface area contributed by atoms with Crippen LogP contribution in [0.25, 0.3) is 0 Å². The maximum absolute atomic E-state index is 12.1. The fraction of sp³-hybridized carbons (Fsp3) is 0.562. The second-order valence-electron chi connectivity index (χ2n) is 6.22. The summed E-state index contributed by atoms with van der Waals surface area (Å²) in [6, 6.07) is 4.60. The Morgan fingerprint density at radius 1 is 1.13 bits per heavy atom. The average Bonchev–Trinajstić information content (AvgIpc) is 2.39. The number of carbonyl (C=O) groups is 1. The first-order valence-corrected chi connectivity index (χ1v) is 10.1. The van der Waals surface area contributed by atoms with Crippen LogP contribution in [-0.4, -0.2) is 26.1 Å². The van der Waals surface area contributed by atoms with Crippen molar-refractivity contribution in [2.45, 2.75) is 45.4 Å². The molecule has 7 heteroatoms. The van der Waals surface area contributed by atoms with Crippen molar-refractivity contribution < 1.29 is 13.2 Å². The molecule has 23 heavy (non-hydrogen) atoms. The molecule has 0 bridgehead atoms. The summed E-state index contributed by atoms with van der Waals surface area (Å²) in [5, 5.41) is 3.40. The van der Waals surface area contributed by atoms with E-state index < -0.39 is 21.5 Å². The highest BCUT2D eigenvalue weighted by molar-refractivity contribution is 7.91. The normalized spacial score (nSPS) is 13.1. The Balaban J connectivity index is 2.56. The molecular formula is C16H23Cl2NO3S. The number of benzene rings is 1. The number of amides is 1. The smallest absolute Gasteiger partial charge is 0.235 e. The van der Waals surface area contributed by atoms with Crippen molar-refractivity contribution in [2.24, 2.45) is 5.92 Å². The number of hydrogen-bond acceptors (Lipinski definition) is 3. The molecule has 0 aliphatic carbocycles. The van der Waals surface area contributed by atoms with Crippen LogP contribution in [0.4, 0.5) is 0 Å². The van der Waals surface area contributed by atoms with Crippen LogP contribution in [0.2, 0.25) is 10.0 Å². The van der Waals surface area contributed by atoms with Crippen LogP contribution in [0.15, 0.2) is 18.2 Å². The predicted octanol–water partition coefficient (Wildman–Crippen LogP) is 3.85. The van der Waals surface area contributed by atoms with Crippen molar-refractivity contribution in [3.63, 3.8) is 0 Å². The third-order valence-corrected chi connectivity index (χ3v) is 5.52. The molecule has 1 atom stereocenters. The topological polar surface area (TPSA) is 63.2 Å². The van der Waals surface area contributed by atoms with Gasteiger partial charge in [-0.15, -0.1) is 0 Å². The van der Waals surface area contributed by atoms with Gasteiger partial charge in [0.05, 0.1) is 15.8 Å². The summed E-state index contributed by atoms with van der Waals surface area (Å²) in [7, 11) is -3.55. The molecule has 0 fully saturated rings. The third kappa shape index (κ3) is 8.04. The second kappa shape index (κ2) is 8.90. The zero-order valence-electron chi connectivity index (χ0n) is 13.6. The summed E-state index contributed by atoms with van der Waals surface area (Å²) in [6.45, 7) is 6.10. The Bertz CT molecular complexity index is 645. The van der Waals surface area contributed by atoms with Gasteiger partial charge in [0.2, 0.25) is 5.91 Å². The first-order valence-electron chi connectivity index (χ1n) is 7.53. The van der Waals surface area contributed by atoms with Crippen LogP contribution in [0, 0.1) is 5.92 Å². The molecular weight excluding hydrogens is 357 g/mol. The summed E-state index contributed by atoms with van der Waals surface area (Å²) in [5.74, 6) is -0.689. The summed E-state index contributed by atoms with van der Waals surface area (Å²) < 4.78 is 24.2. The van der Waals surface area contributed by atoms with Crippen LogP contribution < -0.4 is 5.32 Å². The minimum absolute atomic E-state index is 0.0370. The van der Waals surface area contributed by atoms with Crippen molar-refractivity contribution in [1.82, 2.24) is 5.32 Å². The Labute approximate surface area is 148 Å². The first kappa shape index (κ1) is 20.3. The largest absolute Gasteiger partial charge is 0.353 e. The number of sulfone groups is 1. The lowest BCUT2D eigenvalue weighted by Crippen LogP contribution is -2.37. The monoisotopic (exact) mass is 379 g/mol. The van der Waals surface area contributed by atoms with Gasteiger partial charge in [-0.25, -0.2) is 8.42 Å². The molecule has 0 saturated carbocycles. The summed E-state index contributed by atoms with van der Waals surface area (Å²) in [6.07, 6.45) is 1.81. The quantitative estimate of drug-likeness (QED) is 0.745. The van der Waals surface area contributed by atoms with E-state index in [1.807, 2.05) is 6.92 Å². The molecule has 1 N–H and O–H groups in total. The molecule has 130 valence electrons. The summed E-state index contributed by atoms with van der Waals surface area (Å²) >= 11 is 11.7. The van der Waals surface area contributed by atoms with Crippen molar-refractivity contribution in [3.05, 3.63) is 33.8 Å². The van der Waals surface area contributed by atoms with Gasteiger partial charge in [0.25, 0.3) is 0 Å². The van der Waals surface area contributed by atoms with Crippen LogP contribution in [-0.2, 0) is 20.4 Å². The van der Waals surface area contributed by atoms with E-state index >= 15 is 0 Å². The molecule has 0 heterocycles. The molecule has 1 aromatic carbocycles. The highest BCUT2D eigenvalue weighted by Gasteiger charge is 2.19. The van der Waals surface area contributed by atoms with Crippen LogP contribution in [0.3, 0.4) is 0 Å². The lowest BCUT2D eigenvalue weighted by atomic mass is 10.0. The number of halogens is 2. The van der Waals surface area contributed by atoms with Gasteiger partial charge in [0.15, 0.2) is 9.84 Å². The lowest BCUT2D eigenvalue weighted by Gasteiger charge is -2.15. The lowest BCUT2D eigenvalue weighted by molar-refractivity contribution is -0.119. The zero-order chi connectivity index (χ0) is 17.6. The van der Waals surface area contributed by atoms with Crippen molar-refractivity contribution in [2.75, 3.05) is 5.75 Å². The van der Waals surface area contributed by atoms with Gasteiger partial charge in [-0.1, -0.05) is 43.1 Å². The number of nitrogens with one attached hydrogen (secondary N) is 1. The minimum Gasteiger partial charge on any atom is -0.353 e. The van der Waals surface area contributed by atoms with E-state index in [1.165, 1.54) is 6.07 Å². The van der Waals surface area contributed by atoms with Gasteiger partial charge in [0.1, 0.15) is 5.75 Å². The Morgan fingerprint density at radius 3 is 2.35 bits per heavy atom. The van der Waals surface area contributed by atoms with Crippen LogP contribution in [0.5, 0.6) is 0 Å².